The van der Waals surface area contributed by atoms with Gasteiger partial charge in [-0.15, -0.1) is 0 Å². The number of carbonyl (C=O) groups excluding carboxylic acids is 1. The van der Waals surface area contributed by atoms with Crippen molar-refractivity contribution in [3.05, 3.63) is 34.9 Å². The lowest BCUT2D eigenvalue weighted by Gasteiger charge is -2.12. The standard InChI is InChI=1S/C14H19N5O/c1-8(11-6-15-19(3)7-11)16-14(20)12-9(2)17-18-13(12)10-4-5-10/h6-8,10H,4-5H2,1-3H3,(H,16,20)(H,17,18). The van der Waals surface area contributed by atoms with E-state index >= 15 is 0 Å². The smallest absolute Gasteiger partial charge is 0.255 e. The van der Waals surface area contributed by atoms with E-state index in [9.17, 15) is 4.79 Å². The van der Waals surface area contributed by atoms with Crippen LogP contribution < -0.4 is 5.32 Å². The predicted molar refractivity (Wildman–Crippen MR) is 74.4 cm³/mol. The normalized spacial score (nSPS) is 16.1. The molecule has 0 radical (unpaired) electrons. The van der Waals surface area contributed by atoms with Gasteiger partial charge in [-0.25, -0.2) is 0 Å². The first kappa shape index (κ1) is 12.9. The minimum atomic E-state index is -0.0717. The average Bonchev–Trinajstić information content (AvgIpc) is 3.03. The summed E-state index contributed by atoms with van der Waals surface area (Å²) in [6.45, 7) is 3.85. The van der Waals surface area contributed by atoms with Gasteiger partial charge in [0, 0.05) is 30.4 Å². The molecule has 6 nitrogen and oxygen atoms in total. The van der Waals surface area contributed by atoms with E-state index in [1.807, 2.05) is 27.1 Å². The van der Waals surface area contributed by atoms with E-state index in [1.165, 1.54) is 0 Å². The summed E-state index contributed by atoms with van der Waals surface area (Å²) in [5, 5.41) is 14.4. The zero-order chi connectivity index (χ0) is 14.3. The summed E-state index contributed by atoms with van der Waals surface area (Å²) < 4.78 is 1.73. The van der Waals surface area contributed by atoms with Crippen LogP contribution in [0.5, 0.6) is 0 Å². The van der Waals surface area contributed by atoms with Crippen LogP contribution in [0.1, 0.15) is 59.0 Å². The Bertz CT molecular complexity index is 638. The number of carbonyl (C=O) groups is 1. The summed E-state index contributed by atoms with van der Waals surface area (Å²) in [4.78, 5) is 12.5. The highest BCUT2D eigenvalue weighted by molar-refractivity contribution is 5.96. The number of H-pyrrole nitrogens is 1. The molecule has 2 aromatic rings. The molecule has 0 spiro atoms. The van der Waals surface area contributed by atoms with E-state index in [0.29, 0.717) is 11.5 Å². The Balaban J connectivity index is 1.77. The predicted octanol–water partition coefficient (Wildman–Crippen LogP) is 1.82. The van der Waals surface area contributed by atoms with Crippen LogP contribution in [0.3, 0.4) is 0 Å². The minimum absolute atomic E-state index is 0.0606. The molecule has 1 aliphatic rings. The van der Waals surface area contributed by atoms with Crippen molar-refractivity contribution in [1.82, 2.24) is 25.3 Å². The molecule has 1 amide bonds. The number of nitrogens with zero attached hydrogens (tertiary/aromatic N) is 3. The third-order valence-electron chi connectivity index (χ3n) is 3.74. The summed E-state index contributed by atoms with van der Waals surface area (Å²) in [6.07, 6.45) is 5.94. The van der Waals surface area contributed by atoms with Gasteiger partial charge in [0.2, 0.25) is 0 Å². The lowest BCUT2D eigenvalue weighted by molar-refractivity contribution is 0.0938. The summed E-state index contributed by atoms with van der Waals surface area (Å²) in [6, 6.07) is -0.0717. The molecular weight excluding hydrogens is 254 g/mol. The molecule has 0 bridgehead atoms. The second-order valence-corrected chi connectivity index (χ2v) is 5.53. The molecule has 1 saturated carbocycles. The van der Waals surface area contributed by atoms with E-state index in [0.717, 1.165) is 29.8 Å². The molecule has 1 unspecified atom stereocenters. The highest BCUT2D eigenvalue weighted by Gasteiger charge is 2.32. The Morgan fingerprint density at radius 2 is 2.30 bits per heavy atom. The quantitative estimate of drug-likeness (QED) is 0.892. The van der Waals surface area contributed by atoms with Gasteiger partial charge in [-0.05, 0) is 26.7 Å². The zero-order valence-corrected chi connectivity index (χ0v) is 12.0. The molecule has 2 N–H and O–H groups in total. The largest absolute Gasteiger partial charge is 0.345 e. The minimum Gasteiger partial charge on any atom is -0.345 e. The Morgan fingerprint density at radius 1 is 1.55 bits per heavy atom. The van der Waals surface area contributed by atoms with Crippen molar-refractivity contribution in [2.75, 3.05) is 0 Å². The van der Waals surface area contributed by atoms with Crippen molar-refractivity contribution in [3.8, 4) is 0 Å². The van der Waals surface area contributed by atoms with Crippen LogP contribution in [0.2, 0.25) is 0 Å². The average molecular weight is 273 g/mol. The highest BCUT2D eigenvalue weighted by atomic mass is 16.1. The van der Waals surface area contributed by atoms with Crippen LogP contribution in [0.4, 0.5) is 0 Å². The van der Waals surface area contributed by atoms with Crippen molar-refractivity contribution in [2.45, 2.75) is 38.6 Å². The fraction of sp³-hybridized carbons (Fsp3) is 0.500. The molecule has 1 aliphatic carbocycles. The molecule has 20 heavy (non-hydrogen) atoms. The molecule has 3 rings (SSSR count). The maximum absolute atomic E-state index is 12.5. The van der Waals surface area contributed by atoms with Gasteiger partial charge in [-0.2, -0.15) is 10.2 Å². The number of hydrogen-bond donors (Lipinski definition) is 2. The van der Waals surface area contributed by atoms with Gasteiger partial charge in [0.25, 0.3) is 5.91 Å². The maximum atomic E-state index is 12.5. The van der Waals surface area contributed by atoms with Crippen molar-refractivity contribution in [2.24, 2.45) is 7.05 Å². The number of amides is 1. The van der Waals surface area contributed by atoms with Crippen molar-refractivity contribution in [1.29, 1.82) is 0 Å². The fourth-order valence-corrected chi connectivity index (χ4v) is 2.40. The van der Waals surface area contributed by atoms with E-state index < -0.39 is 0 Å². The Labute approximate surface area is 117 Å². The summed E-state index contributed by atoms with van der Waals surface area (Å²) >= 11 is 0. The van der Waals surface area contributed by atoms with Crippen LogP contribution in [-0.4, -0.2) is 25.9 Å². The molecule has 2 aromatic heterocycles. The van der Waals surface area contributed by atoms with Gasteiger partial charge in [-0.3, -0.25) is 14.6 Å². The lowest BCUT2D eigenvalue weighted by Crippen LogP contribution is -2.27. The number of aromatic nitrogens is 4. The van der Waals surface area contributed by atoms with Gasteiger partial charge in [0.1, 0.15) is 0 Å². The van der Waals surface area contributed by atoms with Gasteiger partial charge >= 0.3 is 0 Å². The highest BCUT2D eigenvalue weighted by Crippen LogP contribution is 2.41. The Hall–Kier alpha value is -2.11. The van der Waals surface area contributed by atoms with Crippen LogP contribution >= 0.6 is 0 Å². The third-order valence-corrected chi connectivity index (χ3v) is 3.74. The monoisotopic (exact) mass is 273 g/mol. The molecule has 0 aromatic carbocycles. The van der Waals surface area contributed by atoms with Gasteiger partial charge in [0.15, 0.2) is 0 Å². The van der Waals surface area contributed by atoms with Crippen LogP contribution in [0.25, 0.3) is 0 Å². The second kappa shape index (κ2) is 4.77. The summed E-state index contributed by atoms with van der Waals surface area (Å²) in [5.74, 6) is 0.393. The lowest BCUT2D eigenvalue weighted by atomic mass is 10.1. The number of aryl methyl sites for hydroxylation is 2. The van der Waals surface area contributed by atoms with E-state index in [1.54, 1.807) is 10.9 Å². The van der Waals surface area contributed by atoms with E-state index in [-0.39, 0.29) is 11.9 Å². The first-order valence-corrected chi connectivity index (χ1v) is 6.90. The van der Waals surface area contributed by atoms with Crippen LogP contribution in [0, 0.1) is 6.92 Å². The Kier molecular flexibility index (Phi) is 3.08. The van der Waals surface area contributed by atoms with Crippen molar-refractivity contribution >= 4 is 5.91 Å². The van der Waals surface area contributed by atoms with Crippen molar-refractivity contribution < 1.29 is 4.79 Å². The van der Waals surface area contributed by atoms with E-state index in [4.69, 9.17) is 0 Å². The molecule has 106 valence electrons. The first-order valence-electron chi connectivity index (χ1n) is 6.90. The second-order valence-electron chi connectivity index (χ2n) is 5.53. The number of rotatable bonds is 4. The number of aromatic amines is 1. The third kappa shape index (κ3) is 2.33. The molecular formula is C14H19N5O. The topological polar surface area (TPSA) is 75.6 Å². The van der Waals surface area contributed by atoms with Crippen LogP contribution in [0.15, 0.2) is 12.4 Å². The fourth-order valence-electron chi connectivity index (χ4n) is 2.40. The van der Waals surface area contributed by atoms with Gasteiger partial charge in [-0.1, -0.05) is 0 Å². The number of hydrogen-bond acceptors (Lipinski definition) is 3. The Morgan fingerprint density at radius 3 is 2.90 bits per heavy atom. The molecule has 1 fully saturated rings. The first-order chi connectivity index (χ1) is 9.56. The van der Waals surface area contributed by atoms with Gasteiger partial charge in [0.05, 0.1) is 23.5 Å². The summed E-state index contributed by atoms with van der Waals surface area (Å²) in [7, 11) is 1.86. The molecule has 6 heteroatoms. The van der Waals surface area contributed by atoms with Crippen molar-refractivity contribution in [3.63, 3.8) is 0 Å². The van der Waals surface area contributed by atoms with Gasteiger partial charge < -0.3 is 5.32 Å². The maximum Gasteiger partial charge on any atom is 0.255 e. The number of nitrogens with one attached hydrogen (secondary N) is 2. The zero-order valence-electron chi connectivity index (χ0n) is 12.0. The molecule has 2 heterocycles. The SMILES string of the molecule is Cc1[nH]nc(C2CC2)c1C(=O)NC(C)c1cnn(C)c1. The van der Waals surface area contributed by atoms with Crippen LogP contribution in [-0.2, 0) is 7.05 Å². The van der Waals surface area contributed by atoms with E-state index in [2.05, 4.69) is 20.6 Å². The molecule has 1 atom stereocenters. The summed E-state index contributed by atoms with van der Waals surface area (Å²) in [5.41, 5.74) is 3.46. The molecule has 0 saturated heterocycles. The molecule has 0 aliphatic heterocycles.